The lowest BCUT2D eigenvalue weighted by Gasteiger charge is -2.17. The molecule has 0 aromatic carbocycles. The van der Waals surface area contributed by atoms with Crippen LogP contribution < -0.4 is 10.2 Å². The van der Waals surface area contributed by atoms with Gasteiger partial charge in [-0.15, -0.1) is 0 Å². The highest BCUT2D eigenvalue weighted by Gasteiger charge is 2.27. The maximum Gasteiger partial charge on any atom is 0.225 e. The van der Waals surface area contributed by atoms with Crippen LogP contribution in [0.2, 0.25) is 0 Å². The van der Waals surface area contributed by atoms with Crippen molar-refractivity contribution >= 4 is 5.95 Å². The molecule has 2 fully saturated rings. The van der Waals surface area contributed by atoms with Crippen LogP contribution in [-0.2, 0) is 6.54 Å². The van der Waals surface area contributed by atoms with Gasteiger partial charge in [0.25, 0.3) is 0 Å². The van der Waals surface area contributed by atoms with Gasteiger partial charge in [-0.3, -0.25) is 0 Å². The van der Waals surface area contributed by atoms with Gasteiger partial charge in [0.2, 0.25) is 5.95 Å². The van der Waals surface area contributed by atoms with E-state index >= 15 is 0 Å². The molecule has 0 bridgehead atoms. The fourth-order valence-electron chi connectivity index (χ4n) is 2.51. The fraction of sp³-hybridized carbons (Fsp3) is 0.714. The summed E-state index contributed by atoms with van der Waals surface area (Å²) in [6.45, 7) is 4.52. The third kappa shape index (κ3) is 3.22. The maximum absolute atomic E-state index is 9.61. The number of hydrogen-bond donors (Lipinski definition) is 2. The first-order valence-corrected chi connectivity index (χ1v) is 7.19. The molecule has 5 heteroatoms. The van der Waals surface area contributed by atoms with E-state index in [9.17, 15) is 5.11 Å². The van der Waals surface area contributed by atoms with Gasteiger partial charge < -0.3 is 15.3 Å². The normalized spacial score (nSPS) is 24.7. The Morgan fingerprint density at radius 2 is 2.11 bits per heavy atom. The topological polar surface area (TPSA) is 61.3 Å². The quantitative estimate of drug-likeness (QED) is 0.827. The summed E-state index contributed by atoms with van der Waals surface area (Å²) in [7, 11) is 0. The minimum atomic E-state index is -0.244. The number of aliphatic hydroxyl groups excluding tert-OH is 1. The molecule has 0 radical (unpaired) electrons. The Morgan fingerprint density at radius 3 is 2.68 bits per heavy atom. The predicted octanol–water partition coefficient (Wildman–Crippen LogP) is 0.936. The summed E-state index contributed by atoms with van der Waals surface area (Å²) in [6.07, 6.45) is 7.19. The zero-order valence-electron chi connectivity index (χ0n) is 11.4. The number of aliphatic hydroxyl groups is 1. The molecule has 0 spiro atoms. The molecule has 1 saturated heterocycles. The van der Waals surface area contributed by atoms with Crippen molar-refractivity contribution in [1.29, 1.82) is 0 Å². The molecule has 2 atom stereocenters. The second-order valence-corrected chi connectivity index (χ2v) is 5.78. The Balaban J connectivity index is 1.56. The van der Waals surface area contributed by atoms with Crippen molar-refractivity contribution in [3.8, 4) is 0 Å². The largest absolute Gasteiger partial charge is 0.393 e. The van der Waals surface area contributed by atoms with E-state index in [1.54, 1.807) is 0 Å². The molecule has 1 saturated carbocycles. The number of nitrogens with zero attached hydrogens (tertiary/aromatic N) is 3. The number of aromatic nitrogens is 2. The smallest absolute Gasteiger partial charge is 0.225 e. The minimum absolute atomic E-state index is 0.244. The average Bonchev–Trinajstić information content (AvgIpc) is 3.11. The van der Waals surface area contributed by atoms with Crippen molar-refractivity contribution in [3.63, 3.8) is 0 Å². The van der Waals surface area contributed by atoms with Crippen LogP contribution in [-0.4, -0.2) is 40.3 Å². The van der Waals surface area contributed by atoms with Crippen molar-refractivity contribution in [1.82, 2.24) is 15.3 Å². The second-order valence-electron chi connectivity index (χ2n) is 5.78. The first kappa shape index (κ1) is 12.8. The molecule has 2 unspecified atom stereocenters. The first-order valence-electron chi connectivity index (χ1n) is 7.19. The first-order chi connectivity index (χ1) is 9.22. The molecule has 1 aliphatic carbocycles. The number of anilines is 1. The summed E-state index contributed by atoms with van der Waals surface area (Å²) in [5.74, 6) is 1.14. The number of nitrogens with one attached hydrogen (secondary N) is 1. The lowest BCUT2D eigenvalue weighted by Crippen LogP contribution is -2.25. The Kier molecular flexibility index (Phi) is 3.66. The zero-order valence-corrected chi connectivity index (χ0v) is 11.4. The maximum atomic E-state index is 9.61. The van der Waals surface area contributed by atoms with Crippen molar-refractivity contribution in [2.24, 2.45) is 5.92 Å². The van der Waals surface area contributed by atoms with E-state index in [1.807, 2.05) is 19.3 Å². The Labute approximate surface area is 114 Å². The molecule has 0 amide bonds. The van der Waals surface area contributed by atoms with Gasteiger partial charge in [-0.2, -0.15) is 0 Å². The van der Waals surface area contributed by atoms with Crippen LogP contribution in [0.5, 0.6) is 0 Å². The van der Waals surface area contributed by atoms with Crippen LogP contribution >= 0.6 is 0 Å². The molecule has 1 aromatic heterocycles. The van der Waals surface area contributed by atoms with Crippen molar-refractivity contribution in [3.05, 3.63) is 18.0 Å². The average molecular weight is 262 g/mol. The van der Waals surface area contributed by atoms with Gasteiger partial charge in [0.1, 0.15) is 0 Å². The summed E-state index contributed by atoms with van der Waals surface area (Å²) in [4.78, 5) is 11.1. The summed E-state index contributed by atoms with van der Waals surface area (Å²) in [5.41, 5.74) is 1.14. The molecule has 19 heavy (non-hydrogen) atoms. The van der Waals surface area contributed by atoms with Gasteiger partial charge in [0, 0.05) is 49.6 Å². The lowest BCUT2D eigenvalue weighted by molar-refractivity contribution is 0.136. The third-order valence-corrected chi connectivity index (χ3v) is 4.05. The number of rotatable bonds is 5. The molecule has 2 heterocycles. The molecule has 2 aliphatic rings. The predicted molar refractivity (Wildman–Crippen MR) is 73.9 cm³/mol. The highest BCUT2D eigenvalue weighted by atomic mass is 16.3. The Morgan fingerprint density at radius 1 is 1.37 bits per heavy atom. The van der Waals surface area contributed by atoms with E-state index in [0.717, 1.165) is 37.6 Å². The summed E-state index contributed by atoms with van der Waals surface area (Å²) >= 11 is 0. The molecular weight excluding hydrogens is 240 g/mol. The Bertz CT molecular complexity index is 416. The number of hydrogen-bond acceptors (Lipinski definition) is 5. The van der Waals surface area contributed by atoms with Crippen LogP contribution in [0.4, 0.5) is 5.95 Å². The molecule has 2 N–H and O–H groups in total. The molecule has 1 aromatic rings. The van der Waals surface area contributed by atoms with E-state index < -0.39 is 0 Å². The van der Waals surface area contributed by atoms with E-state index in [2.05, 4.69) is 20.2 Å². The molecule has 104 valence electrons. The molecule has 5 nitrogen and oxygen atoms in total. The van der Waals surface area contributed by atoms with Crippen LogP contribution in [0, 0.1) is 5.92 Å². The van der Waals surface area contributed by atoms with Gasteiger partial charge in [-0.1, -0.05) is 0 Å². The standard InChI is InChI=1S/C14H22N4O/c1-10(19)12-4-5-18(9-12)14-16-7-11(8-17-14)6-15-13-2-3-13/h7-8,10,12-13,15,19H,2-6,9H2,1H3. The highest BCUT2D eigenvalue weighted by molar-refractivity contribution is 5.31. The highest BCUT2D eigenvalue weighted by Crippen LogP contribution is 2.23. The van der Waals surface area contributed by atoms with Gasteiger partial charge in [-0.05, 0) is 26.2 Å². The van der Waals surface area contributed by atoms with Gasteiger partial charge in [-0.25, -0.2) is 9.97 Å². The summed E-state index contributed by atoms with van der Waals surface area (Å²) in [6, 6.07) is 0.713. The monoisotopic (exact) mass is 262 g/mol. The van der Waals surface area contributed by atoms with Crippen LogP contribution in [0.3, 0.4) is 0 Å². The van der Waals surface area contributed by atoms with Crippen LogP contribution in [0.25, 0.3) is 0 Å². The van der Waals surface area contributed by atoms with E-state index in [0.29, 0.717) is 12.0 Å². The van der Waals surface area contributed by atoms with Crippen molar-refractivity contribution in [2.45, 2.75) is 44.9 Å². The summed E-state index contributed by atoms with van der Waals surface area (Å²) < 4.78 is 0. The van der Waals surface area contributed by atoms with Crippen molar-refractivity contribution < 1.29 is 5.11 Å². The van der Waals surface area contributed by atoms with Crippen molar-refractivity contribution in [2.75, 3.05) is 18.0 Å². The van der Waals surface area contributed by atoms with E-state index in [1.165, 1.54) is 12.8 Å². The van der Waals surface area contributed by atoms with E-state index in [-0.39, 0.29) is 6.10 Å². The van der Waals surface area contributed by atoms with Gasteiger partial charge in [0.15, 0.2) is 0 Å². The van der Waals surface area contributed by atoms with Gasteiger partial charge >= 0.3 is 0 Å². The van der Waals surface area contributed by atoms with E-state index in [4.69, 9.17) is 0 Å². The SMILES string of the molecule is CC(O)C1CCN(c2ncc(CNC3CC3)cn2)C1. The molecule has 3 rings (SSSR count). The lowest BCUT2D eigenvalue weighted by atomic mass is 10.0. The molecule has 1 aliphatic heterocycles. The Hall–Kier alpha value is -1.20. The van der Waals surface area contributed by atoms with Gasteiger partial charge in [0.05, 0.1) is 6.10 Å². The minimum Gasteiger partial charge on any atom is -0.393 e. The second kappa shape index (κ2) is 5.43. The summed E-state index contributed by atoms with van der Waals surface area (Å²) in [5, 5.41) is 13.1. The molecular formula is C14H22N4O. The van der Waals surface area contributed by atoms with Crippen LogP contribution in [0.15, 0.2) is 12.4 Å². The van der Waals surface area contributed by atoms with Crippen LogP contribution in [0.1, 0.15) is 31.7 Å². The fourth-order valence-corrected chi connectivity index (χ4v) is 2.51. The zero-order chi connectivity index (χ0) is 13.2. The third-order valence-electron chi connectivity index (χ3n) is 4.05.